The van der Waals surface area contributed by atoms with Crippen molar-refractivity contribution in [1.29, 1.82) is 0 Å². The van der Waals surface area contributed by atoms with Crippen LogP contribution in [0, 0.1) is 5.92 Å². The van der Waals surface area contributed by atoms with Gasteiger partial charge >= 0.3 is 0 Å². The number of hydrogen-bond donors (Lipinski definition) is 0. The van der Waals surface area contributed by atoms with Gasteiger partial charge in [0, 0.05) is 42.7 Å². The Hall–Kier alpha value is -0.710. The van der Waals surface area contributed by atoms with Gasteiger partial charge in [-0.05, 0) is 30.7 Å². The lowest BCUT2D eigenvalue weighted by atomic mass is 10.1. The number of carbonyl (C=O) groups excluding carboxylic acids is 1. The topological polar surface area (TPSA) is 23.6 Å². The standard InChI is InChI=1S/C16H21ClN2OS/c17-15-3-1-2-13(10-15)11-18-5-4-14(12-18)16(20)19-6-8-21-9-7-19/h1-3,10,14H,4-9,11-12H2. The van der Waals surface area contributed by atoms with Gasteiger partial charge in [0.2, 0.25) is 5.91 Å². The fraction of sp³-hybridized carbons (Fsp3) is 0.562. The third kappa shape index (κ3) is 3.93. The molecule has 2 heterocycles. The molecule has 1 unspecified atom stereocenters. The maximum atomic E-state index is 12.5. The molecule has 0 radical (unpaired) electrons. The average molecular weight is 325 g/mol. The molecule has 5 heteroatoms. The van der Waals surface area contributed by atoms with Gasteiger partial charge in [-0.1, -0.05) is 23.7 Å². The Morgan fingerprint density at radius 2 is 2.10 bits per heavy atom. The summed E-state index contributed by atoms with van der Waals surface area (Å²) in [6.07, 6.45) is 0.989. The number of thioether (sulfide) groups is 1. The second-order valence-corrected chi connectivity index (χ2v) is 7.45. The summed E-state index contributed by atoms with van der Waals surface area (Å²) in [6.45, 7) is 4.63. The first-order valence-electron chi connectivity index (χ1n) is 7.56. The van der Waals surface area contributed by atoms with Crippen LogP contribution < -0.4 is 0 Å². The fourth-order valence-corrected chi connectivity index (χ4v) is 4.23. The van der Waals surface area contributed by atoms with E-state index in [1.54, 1.807) is 0 Å². The van der Waals surface area contributed by atoms with Crippen LogP contribution in [0.1, 0.15) is 12.0 Å². The lowest BCUT2D eigenvalue weighted by molar-refractivity contribution is -0.134. The number of nitrogens with zero attached hydrogens (tertiary/aromatic N) is 2. The van der Waals surface area contributed by atoms with E-state index in [9.17, 15) is 4.79 Å². The predicted octanol–water partition coefficient (Wildman–Crippen LogP) is 2.74. The molecule has 0 aliphatic carbocycles. The summed E-state index contributed by atoms with van der Waals surface area (Å²) < 4.78 is 0. The highest BCUT2D eigenvalue weighted by molar-refractivity contribution is 7.99. The van der Waals surface area contributed by atoms with E-state index in [1.165, 1.54) is 5.56 Å². The summed E-state index contributed by atoms with van der Waals surface area (Å²) in [6, 6.07) is 8.00. The van der Waals surface area contributed by atoms with Gasteiger partial charge in [0.15, 0.2) is 0 Å². The summed E-state index contributed by atoms with van der Waals surface area (Å²) >= 11 is 7.98. The first kappa shape index (κ1) is 15.2. The average Bonchev–Trinajstić information content (AvgIpc) is 2.96. The minimum absolute atomic E-state index is 0.187. The second kappa shape index (κ2) is 7.03. The van der Waals surface area contributed by atoms with Crippen molar-refractivity contribution in [2.75, 3.05) is 37.7 Å². The van der Waals surface area contributed by atoms with Gasteiger partial charge in [-0.25, -0.2) is 0 Å². The summed E-state index contributed by atoms with van der Waals surface area (Å²) in [5.74, 6) is 2.73. The summed E-state index contributed by atoms with van der Waals surface area (Å²) in [5.41, 5.74) is 1.23. The summed E-state index contributed by atoms with van der Waals surface area (Å²) in [7, 11) is 0. The molecule has 114 valence electrons. The Morgan fingerprint density at radius 1 is 1.29 bits per heavy atom. The van der Waals surface area contributed by atoms with E-state index in [-0.39, 0.29) is 5.92 Å². The van der Waals surface area contributed by atoms with Gasteiger partial charge in [0.25, 0.3) is 0 Å². The number of rotatable bonds is 3. The molecule has 0 saturated carbocycles. The van der Waals surface area contributed by atoms with Crippen LogP contribution in [0.25, 0.3) is 0 Å². The minimum atomic E-state index is 0.187. The smallest absolute Gasteiger partial charge is 0.227 e. The van der Waals surface area contributed by atoms with Crippen LogP contribution >= 0.6 is 23.4 Å². The van der Waals surface area contributed by atoms with Crippen LogP contribution in [0.3, 0.4) is 0 Å². The summed E-state index contributed by atoms with van der Waals surface area (Å²) in [5, 5.41) is 0.783. The van der Waals surface area contributed by atoms with E-state index in [0.29, 0.717) is 5.91 Å². The number of amides is 1. The van der Waals surface area contributed by atoms with Gasteiger partial charge in [-0.3, -0.25) is 9.69 Å². The SMILES string of the molecule is O=C(C1CCN(Cc2cccc(Cl)c2)C1)N1CCSCC1. The van der Waals surface area contributed by atoms with Crippen molar-refractivity contribution < 1.29 is 4.79 Å². The largest absolute Gasteiger partial charge is 0.341 e. The molecule has 3 nitrogen and oxygen atoms in total. The zero-order chi connectivity index (χ0) is 14.7. The first-order chi connectivity index (χ1) is 10.2. The van der Waals surface area contributed by atoms with Crippen molar-refractivity contribution in [2.45, 2.75) is 13.0 Å². The Bertz CT molecular complexity index is 505. The van der Waals surface area contributed by atoms with Crippen molar-refractivity contribution in [1.82, 2.24) is 9.80 Å². The molecule has 1 atom stereocenters. The molecule has 2 aliphatic rings. The van der Waals surface area contributed by atoms with Gasteiger partial charge in [-0.2, -0.15) is 11.8 Å². The highest BCUT2D eigenvalue weighted by Gasteiger charge is 2.31. The van der Waals surface area contributed by atoms with Crippen molar-refractivity contribution in [2.24, 2.45) is 5.92 Å². The molecule has 1 aromatic rings. The Morgan fingerprint density at radius 3 is 2.86 bits per heavy atom. The molecule has 2 fully saturated rings. The van der Waals surface area contributed by atoms with E-state index in [0.717, 1.165) is 55.7 Å². The molecule has 3 rings (SSSR count). The summed E-state index contributed by atoms with van der Waals surface area (Å²) in [4.78, 5) is 16.9. The molecule has 2 aliphatic heterocycles. The number of carbonyl (C=O) groups is 1. The third-order valence-corrected chi connectivity index (χ3v) is 5.42. The van der Waals surface area contributed by atoms with E-state index >= 15 is 0 Å². The van der Waals surface area contributed by atoms with Crippen molar-refractivity contribution >= 4 is 29.3 Å². The molecule has 21 heavy (non-hydrogen) atoms. The van der Waals surface area contributed by atoms with E-state index < -0.39 is 0 Å². The molecular formula is C16H21ClN2OS. The Labute approximate surface area is 135 Å². The van der Waals surface area contributed by atoms with Crippen molar-refractivity contribution in [3.05, 3.63) is 34.9 Å². The molecule has 2 saturated heterocycles. The molecular weight excluding hydrogens is 304 g/mol. The molecule has 0 bridgehead atoms. The highest BCUT2D eigenvalue weighted by Crippen LogP contribution is 2.23. The molecule has 1 aromatic carbocycles. The van der Waals surface area contributed by atoms with Crippen molar-refractivity contribution in [3.8, 4) is 0 Å². The quantitative estimate of drug-likeness (QED) is 0.854. The normalized spacial score (nSPS) is 23.5. The highest BCUT2D eigenvalue weighted by atomic mass is 35.5. The van der Waals surface area contributed by atoms with Crippen LogP contribution in [0.15, 0.2) is 24.3 Å². The van der Waals surface area contributed by atoms with E-state index in [2.05, 4.69) is 15.9 Å². The maximum Gasteiger partial charge on any atom is 0.227 e. The second-order valence-electron chi connectivity index (χ2n) is 5.79. The maximum absolute atomic E-state index is 12.5. The zero-order valence-electron chi connectivity index (χ0n) is 12.1. The Balaban J connectivity index is 1.54. The minimum Gasteiger partial charge on any atom is -0.341 e. The molecule has 0 N–H and O–H groups in total. The van der Waals surface area contributed by atoms with E-state index in [1.807, 2.05) is 30.0 Å². The van der Waals surface area contributed by atoms with Gasteiger partial charge < -0.3 is 4.90 Å². The molecule has 0 spiro atoms. The van der Waals surface area contributed by atoms with Crippen LogP contribution in [-0.2, 0) is 11.3 Å². The van der Waals surface area contributed by atoms with Gasteiger partial charge in [0.1, 0.15) is 0 Å². The molecule has 0 aromatic heterocycles. The van der Waals surface area contributed by atoms with Crippen LogP contribution in [0.5, 0.6) is 0 Å². The monoisotopic (exact) mass is 324 g/mol. The first-order valence-corrected chi connectivity index (χ1v) is 9.09. The zero-order valence-corrected chi connectivity index (χ0v) is 13.7. The predicted molar refractivity (Wildman–Crippen MR) is 88.7 cm³/mol. The van der Waals surface area contributed by atoms with E-state index in [4.69, 9.17) is 11.6 Å². The van der Waals surface area contributed by atoms with Gasteiger partial charge in [0.05, 0.1) is 5.92 Å². The fourth-order valence-electron chi connectivity index (χ4n) is 3.11. The lowest BCUT2D eigenvalue weighted by Crippen LogP contribution is -2.42. The van der Waals surface area contributed by atoms with Crippen LogP contribution in [-0.4, -0.2) is 53.4 Å². The lowest BCUT2D eigenvalue weighted by Gasteiger charge is -2.29. The van der Waals surface area contributed by atoms with Crippen LogP contribution in [0.4, 0.5) is 0 Å². The Kier molecular flexibility index (Phi) is 5.09. The molecule has 1 amide bonds. The number of halogens is 1. The van der Waals surface area contributed by atoms with Crippen LogP contribution in [0.2, 0.25) is 5.02 Å². The van der Waals surface area contributed by atoms with Crippen molar-refractivity contribution in [3.63, 3.8) is 0 Å². The number of benzene rings is 1. The third-order valence-electron chi connectivity index (χ3n) is 4.24. The number of hydrogen-bond acceptors (Lipinski definition) is 3. The number of likely N-dealkylation sites (tertiary alicyclic amines) is 1. The van der Waals surface area contributed by atoms with Gasteiger partial charge in [-0.15, -0.1) is 0 Å².